The second-order valence-corrected chi connectivity index (χ2v) is 8.24. The van der Waals surface area contributed by atoms with Gasteiger partial charge in [0, 0.05) is 18.8 Å². The van der Waals surface area contributed by atoms with Crippen LogP contribution in [-0.4, -0.2) is 33.9 Å². The lowest BCUT2D eigenvalue weighted by Gasteiger charge is -2.17. The molecule has 1 N–H and O–H groups in total. The van der Waals surface area contributed by atoms with Crippen LogP contribution in [0, 0.1) is 11.6 Å². The number of rotatable bonds is 7. The Labute approximate surface area is 183 Å². The molecule has 166 valence electrons. The first-order valence-corrected chi connectivity index (χ1v) is 10.7. The van der Waals surface area contributed by atoms with E-state index >= 15 is 0 Å². The number of sulfonamides is 1. The number of carbonyl (C=O) groups is 2. The first-order valence-electron chi connectivity index (χ1n) is 9.24. The third-order valence-electron chi connectivity index (χ3n) is 4.42. The summed E-state index contributed by atoms with van der Waals surface area (Å²) in [5.74, 6) is -3.68. The molecule has 0 radical (unpaired) electrons. The van der Waals surface area contributed by atoms with E-state index in [1.807, 2.05) is 0 Å². The average Bonchev–Trinajstić information content (AvgIpc) is 2.77. The smallest absolute Gasteiger partial charge is 0.340 e. The van der Waals surface area contributed by atoms with Crippen molar-refractivity contribution in [2.45, 2.75) is 4.90 Å². The fourth-order valence-corrected chi connectivity index (χ4v) is 3.88. The van der Waals surface area contributed by atoms with Crippen molar-refractivity contribution in [3.63, 3.8) is 0 Å². The second-order valence-electron chi connectivity index (χ2n) is 6.59. The lowest BCUT2D eigenvalue weighted by atomic mass is 10.2. The normalized spacial score (nSPS) is 11.0. The van der Waals surface area contributed by atoms with E-state index in [2.05, 4.69) is 4.72 Å². The minimum absolute atomic E-state index is 0.186. The van der Waals surface area contributed by atoms with Crippen molar-refractivity contribution in [1.82, 2.24) is 0 Å². The highest BCUT2D eigenvalue weighted by atomic mass is 32.2. The maximum Gasteiger partial charge on any atom is 0.340 e. The van der Waals surface area contributed by atoms with Gasteiger partial charge in [-0.15, -0.1) is 0 Å². The molecule has 0 fully saturated rings. The number of amides is 1. The summed E-state index contributed by atoms with van der Waals surface area (Å²) < 4.78 is 59.2. The predicted molar refractivity (Wildman–Crippen MR) is 114 cm³/mol. The van der Waals surface area contributed by atoms with Crippen molar-refractivity contribution in [1.29, 1.82) is 0 Å². The Morgan fingerprint density at radius 2 is 1.62 bits per heavy atom. The Bertz CT molecular complexity index is 1250. The van der Waals surface area contributed by atoms with E-state index in [9.17, 15) is 26.8 Å². The molecule has 0 aliphatic rings. The van der Waals surface area contributed by atoms with Gasteiger partial charge in [0.25, 0.3) is 15.9 Å². The van der Waals surface area contributed by atoms with Crippen LogP contribution in [0.2, 0.25) is 0 Å². The first-order chi connectivity index (χ1) is 15.2. The quantitative estimate of drug-likeness (QED) is 0.544. The molecule has 32 heavy (non-hydrogen) atoms. The molecule has 0 spiro atoms. The Balaban J connectivity index is 1.74. The molecule has 0 aromatic heterocycles. The maximum absolute atomic E-state index is 13.9. The van der Waals surface area contributed by atoms with E-state index in [0.29, 0.717) is 11.8 Å². The molecule has 0 saturated carbocycles. The van der Waals surface area contributed by atoms with Gasteiger partial charge in [-0.1, -0.05) is 30.3 Å². The largest absolute Gasteiger partial charge is 0.452 e. The molecule has 0 bridgehead atoms. The molecular weight excluding hydrogens is 442 g/mol. The van der Waals surface area contributed by atoms with Gasteiger partial charge >= 0.3 is 5.97 Å². The maximum atomic E-state index is 13.9. The Morgan fingerprint density at radius 3 is 2.31 bits per heavy atom. The molecule has 1 amide bonds. The number of likely N-dealkylation sites (N-methyl/N-ethyl adjacent to an activating group) is 1. The lowest BCUT2D eigenvalue weighted by molar-refractivity contribution is -0.121. The molecule has 7 nitrogen and oxygen atoms in total. The standard InChI is InChI=1S/C22H18F2N2O5S/c1-26(16-7-3-2-4-8-16)21(27)14-31-22(28)17-9-5-6-10-19(17)25-32(29,30)20-12-11-15(23)13-18(20)24/h2-13,25H,14H2,1H3. The van der Waals surface area contributed by atoms with Crippen LogP contribution in [0.1, 0.15) is 10.4 Å². The number of anilines is 2. The van der Waals surface area contributed by atoms with E-state index in [4.69, 9.17) is 4.74 Å². The van der Waals surface area contributed by atoms with E-state index in [1.54, 1.807) is 30.3 Å². The van der Waals surface area contributed by atoms with Crippen LogP contribution >= 0.6 is 0 Å². The molecule has 3 aromatic rings. The third-order valence-corrected chi connectivity index (χ3v) is 5.82. The number of esters is 1. The molecule has 0 atom stereocenters. The van der Waals surface area contributed by atoms with Gasteiger partial charge in [-0.3, -0.25) is 9.52 Å². The fraction of sp³-hybridized carbons (Fsp3) is 0.0909. The van der Waals surface area contributed by atoms with Crippen LogP contribution in [-0.2, 0) is 19.6 Å². The fourth-order valence-electron chi connectivity index (χ4n) is 2.74. The van der Waals surface area contributed by atoms with Crippen LogP contribution in [0.3, 0.4) is 0 Å². The van der Waals surface area contributed by atoms with Crippen molar-refractivity contribution >= 4 is 33.3 Å². The van der Waals surface area contributed by atoms with Crippen LogP contribution in [0.5, 0.6) is 0 Å². The molecule has 0 unspecified atom stereocenters. The number of hydrogen-bond acceptors (Lipinski definition) is 5. The van der Waals surface area contributed by atoms with Crippen molar-refractivity contribution in [3.8, 4) is 0 Å². The lowest BCUT2D eigenvalue weighted by Crippen LogP contribution is -2.31. The van der Waals surface area contributed by atoms with Gasteiger partial charge in [0.2, 0.25) is 0 Å². The zero-order chi connectivity index (χ0) is 23.3. The summed E-state index contributed by atoms with van der Waals surface area (Å²) in [6.07, 6.45) is 0. The zero-order valence-electron chi connectivity index (χ0n) is 16.8. The first kappa shape index (κ1) is 22.9. The van der Waals surface area contributed by atoms with Gasteiger partial charge in [-0.05, 0) is 36.4 Å². The van der Waals surface area contributed by atoms with Gasteiger partial charge in [0.15, 0.2) is 6.61 Å². The number of carbonyl (C=O) groups excluding carboxylic acids is 2. The Morgan fingerprint density at radius 1 is 0.969 bits per heavy atom. The molecule has 0 aliphatic carbocycles. The molecule has 0 saturated heterocycles. The number of benzene rings is 3. The molecule has 3 aromatic carbocycles. The van der Waals surface area contributed by atoms with Gasteiger partial charge < -0.3 is 9.64 Å². The van der Waals surface area contributed by atoms with E-state index < -0.39 is 45.0 Å². The van der Waals surface area contributed by atoms with Gasteiger partial charge in [-0.2, -0.15) is 0 Å². The number of halogens is 2. The van der Waals surface area contributed by atoms with E-state index in [-0.39, 0.29) is 11.3 Å². The summed E-state index contributed by atoms with van der Waals surface area (Å²) in [5, 5.41) is 0. The summed E-state index contributed by atoms with van der Waals surface area (Å²) >= 11 is 0. The van der Waals surface area contributed by atoms with Gasteiger partial charge in [0.05, 0.1) is 11.3 Å². The highest BCUT2D eigenvalue weighted by molar-refractivity contribution is 7.92. The molecule has 0 heterocycles. The third kappa shape index (κ3) is 5.27. The average molecular weight is 460 g/mol. The van der Waals surface area contributed by atoms with Crippen LogP contribution < -0.4 is 9.62 Å². The molecule has 10 heteroatoms. The van der Waals surface area contributed by atoms with Crippen molar-refractivity contribution in [3.05, 3.63) is 90.0 Å². The summed E-state index contributed by atoms with van der Waals surface area (Å²) in [6, 6.07) is 16.2. The van der Waals surface area contributed by atoms with Gasteiger partial charge in [0.1, 0.15) is 16.5 Å². The van der Waals surface area contributed by atoms with Crippen molar-refractivity contribution < 1.29 is 31.5 Å². The second kappa shape index (κ2) is 9.56. The Hall–Kier alpha value is -3.79. The number of nitrogens with one attached hydrogen (secondary N) is 1. The minimum atomic E-state index is -4.47. The number of para-hydroxylation sites is 2. The monoisotopic (exact) mass is 460 g/mol. The molecule has 3 rings (SSSR count). The molecular formula is C22H18F2N2O5S. The molecule has 0 aliphatic heterocycles. The van der Waals surface area contributed by atoms with E-state index in [1.165, 1.54) is 36.2 Å². The van der Waals surface area contributed by atoms with Crippen molar-refractivity contribution in [2.24, 2.45) is 0 Å². The predicted octanol–water partition coefficient (Wildman–Crippen LogP) is 3.59. The number of ether oxygens (including phenoxy) is 1. The summed E-state index contributed by atoms with van der Waals surface area (Å²) in [6.45, 7) is -0.585. The van der Waals surface area contributed by atoms with E-state index in [0.717, 1.165) is 12.1 Å². The topological polar surface area (TPSA) is 92.8 Å². The van der Waals surface area contributed by atoms with Crippen molar-refractivity contribution in [2.75, 3.05) is 23.3 Å². The highest BCUT2D eigenvalue weighted by Crippen LogP contribution is 2.23. The summed E-state index contributed by atoms with van der Waals surface area (Å²) in [7, 11) is -2.95. The number of nitrogens with zero attached hydrogens (tertiary/aromatic N) is 1. The SMILES string of the molecule is CN(C(=O)COC(=O)c1ccccc1NS(=O)(=O)c1ccc(F)cc1F)c1ccccc1. The summed E-state index contributed by atoms with van der Waals surface area (Å²) in [5.41, 5.74) is 0.224. The Kier molecular flexibility index (Phi) is 6.84. The van der Waals surface area contributed by atoms with Gasteiger partial charge in [-0.25, -0.2) is 22.0 Å². The highest BCUT2D eigenvalue weighted by Gasteiger charge is 2.23. The minimum Gasteiger partial charge on any atom is -0.452 e. The van der Waals surface area contributed by atoms with Crippen LogP contribution in [0.25, 0.3) is 0 Å². The summed E-state index contributed by atoms with van der Waals surface area (Å²) in [4.78, 5) is 25.3. The number of hydrogen-bond donors (Lipinski definition) is 1. The van der Waals surface area contributed by atoms with Crippen LogP contribution in [0.4, 0.5) is 20.2 Å². The van der Waals surface area contributed by atoms with Crippen LogP contribution in [0.15, 0.2) is 77.7 Å². The zero-order valence-corrected chi connectivity index (χ0v) is 17.6.